The molecule has 2 heterocycles. The van der Waals surface area contributed by atoms with E-state index in [9.17, 15) is 4.79 Å². The van der Waals surface area contributed by atoms with Crippen LogP contribution in [0.1, 0.15) is 12.5 Å². The number of aromatic nitrogens is 2. The third-order valence-electron chi connectivity index (χ3n) is 5.15. The molecule has 2 aromatic heterocycles. The molecule has 5 rings (SSSR count). The van der Waals surface area contributed by atoms with Gasteiger partial charge >= 0.3 is 0 Å². The highest BCUT2D eigenvalue weighted by Crippen LogP contribution is 2.21. The predicted octanol–water partition coefficient (Wildman–Crippen LogP) is 4.55. The summed E-state index contributed by atoms with van der Waals surface area (Å²) in [6, 6.07) is 25.2. The number of fused-ring (bicyclic) bond motifs is 3. The minimum Gasteiger partial charge on any atom is -0.493 e. The van der Waals surface area contributed by atoms with E-state index >= 15 is 0 Å². The lowest BCUT2D eigenvalue weighted by Gasteiger charge is -2.15. The summed E-state index contributed by atoms with van der Waals surface area (Å²) < 4.78 is 14.2. The van der Waals surface area contributed by atoms with Gasteiger partial charge in [-0.25, -0.2) is 9.38 Å². The molecule has 1 atom stereocenters. The Morgan fingerprint density at radius 1 is 0.938 bits per heavy atom. The van der Waals surface area contributed by atoms with E-state index < -0.39 is 0 Å². The summed E-state index contributed by atoms with van der Waals surface area (Å²) in [7, 11) is 0. The highest BCUT2D eigenvalue weighted by molar-refractivity contribution is 7.15. The maximum atomic E-state index is 13.0. The molecule has 0 spiro atoms. The lowest BCUT2D eigenvalue weighted by atomic mass is 10.2. The maximum Gasteiger partial charge on any atom is 0.274 e. The molecule has 0 aliphatic carbocycles. The number of nitrogens with zero attached hydrogens (tertiary/aromatic N) is 2. The van der Waals surface area contributed by atoms with Gasteiger partial charge in [-0.15, -0.1) is 0 Å². The van der Waals surface area contributed by atoms with Crippen molar-refractivity contribution in [3.63, 3.8) is 0 Å². The molecule has 0 aliphatic rings. The van der Waals surface area contributed by atoms with Gasteiger partial charge in [-0.3, -0.25) is 4.79 Å². The largest absolute Gasteiger partial charge is 0.493 e. The molecule has 0 saturated heterocycles. The average molecular weight is 443 g/mol. The highest BCUT2D eigenvalue weighted by Gasteiger charge is 2.12. The Bertz CT molecular complexity index is 1470. The van der Waals surface area contributed by atoms with Crippen LogP contribution in [0.3, 0.4) is 0 Å². The molecule has 5 nitrogen and oxygen atoms in total. The second-order valence-corrected chi connectivity index (χ2v) is 8.72. The topological polar surface area (TPSA) is 52.8 Å². The van der Waals surface area contributed by atoms with Crippen molar-refractivity contribution in [2.24, 2.45) is 5.92 Å². The summed E-state index contributed by atoms with van der Waals surface area (Å²) in [5.41, 5.74) is 2.48. The fourth-order valence-electron chi connectivity index (χ4n) is 3.52. The molecule has 0 bridgehead atoms. The zero-order chi connectivity index (χ0) is 21.9. The SMILES string of the molecule is C[C@@H](COc1ccccc1)COc1ccccc1C=c1sc2nc3ccccc3n2c1=O. The van der Waals surface area contributed by atoms with Crippen LogP contribution in [-0.4, -0.2) is 22.6 Å². The van der Waals surface area contributed by atoms with Gasteiger partial charge in [-0.05, 0) is 36.4 Å². The molecule has 0 unspecified atom stereocenters. The Labute approximate surface area is 189 Å². The Morgan fingerprint density at radius 2 is 1.66 bits per heavy atom. The van der Waals surface area contributed by atoms with Crippen molar-refractivity contribution in [2.45, 2.75) is 6.92 Å². The van der Waals surface area contributed by atoms with Crippen LogP contribution in [0.15, 0.2) is 83.7 Å². The first-order valence-corrected chi connectivity index (χ1v) is 11.3. The quantitative estimate of drug-likeness (QED) is 0.371. The lowest BCUT2D eigenvalue weighted by Crippen LogP contribution is -2.22. The number of ether oxygens (including phenoxy) is 2. The lowest BCUT2D eigenvalue weighted by molar-refractivity contribution is 0.188. The Kier molecular flexibility index (Phi) is 5.60. The highest BCUT2D eigenvalue weighted by atomic mass is 32.1. The van der Waals surface area contributed by atoms with Gasteiger partial charge in [0.05, 0.1) is 28.8 Å². The van der Waals surface area contributed by atoms with Gasteiger partial charge in [0.1, 0.15) is 11.5 Å². The van der Waals surface area contributed by atoms with Crippen LogP contribution in [0, 0.1) is 5.92 Å². The molecule has 160 valence electrons. The zero-order valence-corrected chi connectivity index (χ0v) is 18.4. The average Bonchev–Trinajstić information content (AvgIpc) is 3.34. The number of para-hydroxylation sites is 4. The fourth-order valence-corrected chi connectivity index (χ4v) is 4.50. The smallest absolute Gasteiger partial charge is 0.274 e. The van der Waals surface area contributed by atoms with Crippen molar-refractivity contribution < 1.29 is 9.47 Å². The van der Waals surface area contributed by atoms with E-state index in [1.165, 1.54) is 11.3 Å². The van der Waals surface area contributed by atoms with Crippen molar-refractivity contribution in [3.8, 4) is 11.5 Å². The predicted molar refractivity (Wildman–Crippen MR) is 129 cm³/mol. The number of imidazole rings is 1. The molecule has 6 heteroatoms. The van der Waals surface area contributed by atoms with Crippen LogP contribution < -0.4 is 19.6 Å². The van der Waals surface area contributed by atoms with E-state index in [-0.39, 0.29) is 11.5 Å². The zero-order valence-electron chi connectivity index (χ0n) is 17.6. The first-order valence-electron chi connectivity index (χ1n) is 10.5. The van der Waals surface area contributed by atoms with E-state index in [4.69, 9.17) is 9.47 Å². The summed E-state index contributed by atoms with van der Waals surface area (Å²) >= 11 is 1.39. The van der Waals surface area contributed by atoms with Crippen molar-refractivity contribution >= 4 is 33.4 Å². The molecule has 0 fully saturated rings. The summed E-state index contributed by atoms with van der Waals surface area (Å²) in [4.78, 5) is 18.3. The molecule has 0 amide bonds. The Morgan fingerprint density at radius 3 is 2.53 bits per heavy atom. The van der Waals surface area contributed by atoms with E-state index in [1.54, 1.807) is 4.40 Å². The van der Waals surface area contributed by atoms with E-state index in [0.717, 1.165) is 28.1 Å². The molecule has 0 N–H and O–H groups in total. The second-order valence-electron chi connectivity index (χ2n) is 7.71. The Balaban J connectivity index is 1.36. The van der Waals surface area contributed by atoms with Gasteiger partial charge in [0, 0.05) is 11.5 Å². The molecule has 0 radical (unpaired) electrons. The minimum atomic E-state index is -0.0573. The summed E-state index contributed by atoms with van der Waals surface area (Å²) in [5, 5.41) is 0. The number of thiazole rings is 1. The van der Waals surface area contributed by atoms with Crippen LogP contribution in [0.25, 0.3) is 22.1 Å². The number of rotatable bonds is 7. The van der Waals surface area contributed by atoms with Gasteiger partial charge in [-0.1, -0.05) is 66.8 Å². The monoisotopic (exact) mass is 442 g/mol. The molecule has 0 saturated carbocycles. The number of benzene rings is 3. The first kappa shape index (κ1) is 20.3. The van der Waals surface area contributed by atoms with Crippen molar-refractivity contribution in [1.29, 1.82) is 0 Å². The third kappa shape index (κ3) is 4.09. The van der Waals surface area contributed by atoms with Crippen molar-refractivity contribution in [3.05, 3.63) is 99.3 Å². The fraction of sp³-hybridized carbons (Fsp3) is 0.154. The maximum absolute atomic E-state index is 13.0. The van der Waals surface area contributed by atoms with Crippen LogP contribution in [0.5, 0.6) is 11.5 Å². The molecular weight excluding hydrogens is 420 g/mol. The minimum absolute atomic E-state index is 0.0573. The van der Waals surface area contributed by atoms with E-state index in [1.807, 2.05) is 84.9 Å². The van der Waals surface area contributed by atoms with Crippen molar-refractivity contribution in [2.75, 3.05) is 13.2 Å². The van der Waals surface area contributed by atoms with E-state index in [2.05, 4.69) is 11.9 Å². The van der Waals surface area contributed by atoms with Gasteiger partial charge in [0.2, 0.25) is 0 Å². The van der Waals surface area contributed by atoms with Crippen molar-refractivity contribution in [1.82, 2.24) is 9.38 Å². The van der Waals surface area contributed by atoms with Crippen LogP contribution in [-0.2, 0) is 0 Å². The van der Waals surface area contributed by atoms with E-state index in [0.29, 0.717) is 22.7 Å². The molecule has 5 aromatic rings. The third-order valence-corrected chi connectivity index (χ3v) is 6.12. The number of hydrogen-bond acceptors (Lipinski definition) is 5. The molecule has 0 aliphatic heterocycles. The summed E-state index contributed by atoms with van der Waals surface area (Å²) in [5.74, 6) is 1.80. The second kappa shape index (κ2) is 8.85. The van der Waals surface area contributed by atoms with Crippen LogP contribution in [0.4, 0.5) is 0 Å². The van der Waals surface area contributed by atoms with Gasteiger partial charge in [-0.2, -0.15) is 0 Å². The molecular formula is C26H22N2O3S. The molecule has 32 heavy (non-hydrogen) atoms. The summed E-state index contributed by atoms with van der Waals surface area (Å²) in [6.07, 6.45) is 1.89. The molecule has 3 aromatic carbocycles. The normalized spacial score (nSPS) is 13.0. The van der Waals surface area contributed by atoms with Crippen LogP contribution >= 0.6 is 11.3 Å². The number of hydrogen-bond donors (Lipinski definition) is 0. The summed E-state index contributed by atoms with van der Waals surface area (Å²) in [6.45, 7) is 3.17. The standard InChI is InChI=1S/C26H22N2O3S/c1-18(16-30-20-10-3-2-4-11-20)17-31-23-14-8-5-9-19(23)15-24-25(29)28-22-13-7-6-12-21(22)27-26(28)32-24/h2-15,18H,16-17H2,1H3/t18-/m0/s1. The van der Waals surface area contributed by atoms with Crippen LogP contribution in [0.2, 0.25) is 0 Å². The van der Waals surface area contributed by atoms with Gasteiger partial charge in [0.15, 0.2) is 4.96 Å². The van der Waals surface area contributed by atoms with Gasteiger partial charge in [0.25, 0.3) is 5.56 Å². The Hall–Kier alpha value is -3.64. The first-order chi connectivity index (χ1) is 15.7. The van der Waals surface area contributed by atoms with Gasteiger partial charge < -0.3 is 9.47 Å².